The van der Waals surface area contributed by atoms with Gasteiger partial charge in [-0.25, -0.2) is 0 Å². The maximum atomic E-state index is 13.7. The van der Waals surface area contributed by atoms with E-state index in [2.05, 4.69) is 0 Å². The lowest BCUT2D eigenvalue weighted by Gasteiger charge is -2.24. The topological polar surface area (TPSA) is 0 Å². The fraction of sp³-hybridized carbons (Fsp3) is 0.143. The quantitative estimate of drug-likeness (QED) is 0.368. The van der Waals surface area contributed by atoms with Crippen molar-refractivity contribution >= 4 is 27.4 Å². The third-order valence-electron chi connectivity index (χ3n) is 4.73. The molecule has 0 spiro atoms. The van der Waals surface area contributed by atoms with Gasteiger partial charge in [-0.3, -0.25) is 0 Å². The smallest absolute Gasteiger partial charge is 0.166 e. The first-order valence-corrected chi connectivity index (χ1v) is 10.5. The van der Waals surface area contributed by atoms with E-state index >= 15 is 0 Å². The number of hydrogen-bond acceptors (Lipinski definition) is 0. The molecule has 0 amide bonds. The van der Waals surface area contributed by atoms with Crippen molar-refractivity contribution in [2.24, 2.45) is 0 Å². The van der Waals surface area contributed by atoms with Crippen LogP contribution in [0.4, 0.5) is 39.5 Å². The summed E-state index contributed by atoms with van der Waals surface area (Å²) in [6.07, 6.45) is -14.9. The van der Waals surface area contributed by atoms with Gasteiger partial charge in [0.15, 0.2) is 0 Å². The third kappa shape index (κ3) is 4.91. The highest BCUT2D eigenvalue weighted by Crippen LogP contribution is 2.32. The molecular formula is C21H12AlF9. The summed E-state index contributed by atoms with van der Waals surface area (Å²) in [5.41, 5.74) is -3.75. The molecule has 0 aliphatic heterocycles. The highest BCUT2D eigenvalue weighted by atomic mass is 27.2. The van der Waals surface area contributed by atoms with Crippen molar-refractivity contribution in [1.29, 1.82) is 0 Å². The zero-order chi connectivity index (χ0) is 23.0. The van der Waals surface area contributed by atoms with Gasteiger partial charge in [-0.05, 0) is 0 Å². The van der Waals surface area contributed by atoms with Gasteiger partial charge in [0.05, 0.1) is 0 Å². The Morgan fingerprint density at radius 1 is 0.387 bits per heavy atom. The normalized spacial score (nSPS) is 12.7. The largest absolute Gasteiger partial charge is 0.415 e. The summed E-state index contributed by atoms with van der Waals surface area (Å²) in [4.78, 5) is 0. The molecule has 162 valence electrons. The van der Waals surface area contributed by atoms with Gasteiger partial charge in [0.2, 0.25) is 0 Å². The molecule has 0 N–H and O–H groups in total. The second-order valence-corrected chi connectivity index (χ2v) is 9.42. The highest BCUT2D eigenvalue weighted by Gasteiger charge is 2.45. The van der Waals surface area contributed by atoms with Gasteiger partial charge >= 0.3 is 32.7 Å². The molecule has 0 aromatic heterocycles. The van der Waals surface area contributed by atoms with Crippen LogP contribution >= 0.6 is 0 Å². The van der Waals surface area contributed by atoms with Gasteiger partial charge in [0, 0.05) is 16.7 Å². The van der Waals surface area contributed by atoms with Crippen molar-refractivity contribution < 1.29 is 39.5 Å². The van der Waals surface area contributed by atoms with Crippen molar-refractivity contribution in [2.45, 2.75) is 18.5 Å². The van der Waals surface area contributed by atoms with E-state index in [1.165, 1.54) is 18.2 Å². The molecule has 0 nitrogen and oxygen atoms in total. The Bertz CT molecular complexity index is 928. The minimum absolute atomic E-state index is 0.566. The maximum absolute atomic E-state index is 13.7. The number of hydrogen-bond donors (Lipinski definition) is 0. The lowest BCUT2D eigenvalue weighted by Crippen LogP contribution is -2.57. The Labute approximate surface area is 175 Å². The molecule has 0 bridgehead atoms. The van der Waals surface area contributed by atoms with Crippen LogP contribution in [0.2, 0.25) is 0 Å². The molecule has 31 heavy (non-hydrogen) atoms. The molecule has 0 radical (unpaired) electrons. The third-order valence-corrected chi connectivity index (χ3v) is 8.11. The van der Waals surface area contributed by atoms with Gasteiger partial charge in [-0.2, -0.15) is 39.5 Å². The zero-order valence-corrected chi connectivity index (χ0v) is 16.6. The number of halogens is 9. The molecule has 0 saturated carbocycles. The molecule has 0 aliphatic rings. The van der Waals surface area contributed by atoms with Crippen LogP contribution < -0.4 is 13.3 Å². The van der Waals surface area contributed by atoms with Crippen LogP contribution in [0.15, 0.2) is 72.8 Å². The van der Waals surface area contributed by atoms with Crippen molar-refractivity contribution in [3.8, 4) is 0 Å². The first-order chi connectivity index (χ1) is 14.3. The number of alkyl halides is 9. The summed E-state index contributed by atoms with van der Waals surface area (Å²) in [5, 5.41) is 0. The highest BCUT2D eigenvalue weighted by molar-refractivity contribution is 6.96. The summed E-state index contributed by atoms with van der Waals surface area (Å²) >= 11 is -3.89. The van der Waals surface area contributed by atoms with E-state index in [9.17, 15) is 39.5 Å². The second kappa shape index (κ2) is 8.25. The molecule has 3 aromatic rings. The first-order valence-electron chi connectivity index (χ1n) is 8.80. The standard InChI is InChI=1S/3C7H4F3.Al/c3*8-7(9,10)6-4-2-1-3-5-6;/h3*1-4H;. The lowest BCUT2D eigenvalue weighted by atomic mass is 10.2. The average Bonchev–Trinajstić information content (AvgIpc) is 2.67. The van der Waals surface area contributed by atoms with Crippen molar-refractivity contribution in [3.05, 3.63) is 89.5 Å². The zero-order valence-electron chi connectivity index (χ0n) is 15.4. The SMILES string of the molecule is FC(F)(F)c1cccc[c]1[Al]([c]1ccccc1C(F)(F)F)[c]1ccccc1C(F)(F)F. The van der Waals surface area contributed by atoms with Gasteiger partial charge in [-0.1, -0.05) is 86.1 Å². The van der Waals surface area contributed by atoms with Crippen LogP contribution in [0.1, 0.15) is 16.7 Å². The van der Waals surface area contributed by atoms with Crippen molar-refractivity contribution in [1.82, 2.24) is 0 Å². The molecule has 0 unspecified atom stereocenters. The molecule has 0 heterocycles. The summed E-state index contributed by atoms with van der Waals surface area (Å²) in [6.45, 7) is 0. The van der Waals surface area contributed by atoms with E-state index in [0.29, 0.717) is 18.2 Å². The van der Waals surface area contributed by atoms with Crippen molar-refractivity contribution in [3.63, 3.8) is 0 Å². The lowest BCUT2D eigenvalue weighted by molar-refractivity contribution is -0.137. The fourth-order valence-corrected chi connectivity index (χ4v) is 7.15. The monoisotopic (exact) mass is 462 g/mol. The molecule has 0 atom stereocenters. The van der Waals surface area contributed by atoms with E-state index in [1.54, 1.807) is 0 Å². The number of rotatable bonds is 3. The Morgan fingerprint density at radius 2 is 0.613 bits per heavy atom. The minimum Gasteiger partial charge on any atom is -0.166 e. The molecule has 0 fully saturated rings. The van der Waals surface area contributed by atoms with Crippen LogP contribution in [0.3, 0.4) is 0 Å². The number of benzene rings is 3. The molecule has 0 aliphatic carbocycles. The molecule has 3 rings (SSSR count). The van der Waals surface area contributed by atoms with E-state index in [-0.39, 0.29) is 0 Å². The Morgan fingerprint density at radius 3 is 0.839 bits per heavy atom. The van der Waals surface area contributed by atoms with Crippen LogP contribution in [0.5, 0.6) is 0 Å². The fourth-order valence-electron chi connectivity index (χ4n) is 3.52. The second-order valence-electron chi connectivity index (χ2n) is 6.69. The first kappa shape index (κ1) is 23.2. The average molecular weight is 462 g/mol. The van der Waals surface area contributed by atoms with Gasteiger partial charge in [0.1, 0.15) is 0 Å². The van der Waals surface area contributed by atoms with Gasteiger partial charge < -0.3 is 0 Å². The van der Waals surface area contributed by atoms with Crippen LogP contribution in [-0.4, -0.2) is 14.1 Å². The van der Waals surface area contributed by atoms with Crippen LogP contribution in [-0.2, 0) is 18.5 Å². The summed E-state index contributed by atoms with van der Waals surface area (Å²) in [6, 6.07) is 11.5. The van der Waals surface area contributed by atoms with E-state index in [4.69, 9.17) is 0 Å². The van der Waals surface area contributed by atoms with Crippen LogP contribution in [0.25, 0.3) is 0 Å². The molecule has 0 saturated heterocycles. The van der Waals surface area contributed by atoms with Crippen molar-refractivity contribution in [2.75, 3.05) is 0 Å². The minimum atomic E-state index is -4.96. The summed E-state index contributed by atoms with van der Waals surface area (Å²) < 4.78 is 121. The van der Waals surface area contributed by atoms with E-state index in [1.807, 2.05) is 0 Å². The molecule has 10 heteroatoms. The van der Waals surface area contributed by atoms with Gasteiger partial charge in [0.25, 0.3) is 0 Å². The van der Waals surface area contributed by atoms with E-state index < -0.39 is 62.6 Å². The summed E-state index contributed by atoms with van der Waals surface area (Å²) in [5.74, 6) is 0. The molecule has 3 aromatic carbocycles. The van der Waals surface area contributed by atoms with Gasteiger partial charge in [-0.15, -0.1) is 0 Å². The predicted molar refractivity (Wildman–Crippen MR) is 99.0 cm³/mol. The Kier molecular flexibility index (Phi) is 6.18. The predicted octanol–water partition coefficient (Wildman–Crippen LogP) is 5.26. The summed E-state index contributed by atoms with van der Waals surface area (Å²) in [7, 11) is 0. The maximum Gasteiger partial charge on any atom is 0.415 e. The molecular weight excluding hydrogens is 450 g/mol. The Balaban J connectivity index is 2.44. The Hall–Kier alpha value is -2.44. The van der Waals surface area contributed by atoms with E-state index in [0.717, 1.165) is 36.4 Å². The van der Waals surface area contributed by atoms with Crippen LogP contribution in [0, 0.1) is 0 Å².